The molecule has 0 radical (unpaired) electrons. The number of unbranched alkanes of at least 4 members (excludes halogenated alkanes) is 1. The van der Waals surface area contributed by atoms with Gasteiger partial charge in [-0.25, -0.2) is 0 Å². The maximum atomic E-state index is 12.8. The molecule has 0 unspecified atom stereocenters. The third-order valence-electron chi connectivity index (χ3n) is 3.78. The van der Waals surface area contributed by atoms with E-state index in [9.17, 15) is 4.79 Å². The number of aryl methyl sites for hydroxylation is 1. The Hall–Kier alpha value is -1.96. The number of nitrogens with zero attached hydrogens (tertiary/aromatic N) is 4. The van der Waals surface area contributed by atoms with Crippen molar-refractivity contribution in [2.75, 3.05) is 6.54 Å². The number of carbonyl (C=O) groups is 1. The third-order valence-corrected chi connectivity index (χ3v) is 6.01. The summed E-state index contributed by atoms with van der Waals surface area (Å²) >= 11 is 8.99. The summed E-state index contributed by atoms with van der Waals surface area (Å²) in [6.45, 7) is 6.26. The summed E-state index contributed by atoms with van der Waals surface area (Å²) < 4.78 is 0. The number of carbonyl (C=O) groups excluding carboxylic acids is 1. The van der Waals surface area contributed by atoms with Crippen molar-refractivity contribution in [3.8, 4) is 0 Å². The van der Waals surface area contributed by atoms with Crippen molar-refractivity contribution in [3.63, 3.8) is 0 Å². The monoisotopic (exact) mass is 418 g/mol. The Bertz CT molecular complexity index is 907. The van der Waals surface area contributed by atoms with Crippen LogP contribution in [0.4, 0.5) is 5.13 Å². The number of halogens is 1. The second-order valence-corrected chi connectivity index (χ2v) is 8.27. The number of amidine groups is 1. The van der Waals surface area contributed by atoms with E-state index < -0.39 is 0 Å². The number of aliphatic imine (C=N–C) groups is 1. The van der Waals surface area contributed by atoms with Gasteiger partial charge in [0, 0.05) is 18.0 Å². The Morgan fingerprint density at radius 3 is 2.89 bits per heavy atom. The molecule has 8 heteroatoms. The van der Waals surface area contributed by atoms with Crippen LogP contribution in [0.1, 0.15) is 30.3 Å². The van der Waals surface area contributed by atoms with Crippen molar-refractivity contribution >= 4 is 57.0 Å². The Kier molecular flexibility index (Phi) is 6.82. The number of thioether (sulfide) groups is 1. The van der Waals surface area contributed by atoms with Gasteiger partial charge in [-0.3, -0.25) is 9.69 Å². The fraction of sp³-hybridized carbons (Fsp3) is 0.263. The molecule has 0 aliphatic carbocycles. The largest absolute Gasteiger partial charge is 0.282 e. The number of rotatable bonds is 7. The fourth-order valence-electron chi connectivity index (χ4n) is 2.42. The second-order valence-electron chi connectivity index (χ2n) is 5.81. The Labute approximate surface area is 171 Å². The highest BCUT2D eigenvalue weighted by molar-refractivity contribution is 8.18. The van der Waals surface area contributed by atoms with Gasteiger partial charge in [0.15, 0.2) is 5.17 Å². The molecule has 1 aliphatic heterocycles. The number of aromatic nitrogens is 2. The lowest BCUT2D eigenvalue weighted by molar-refractivity contribution is -0.121. The standard InChI is InChI=1S/C19H19ClN4OS2/c1-3-5-10-16-22-23-18(27-16)21-19-24(11-4-2)17(25)15(26-19)12-13-8-6-7-9-14(13)20/h4,6-9,12H,2-3,5,10-11H2,1H3/b15-12+,21-19?. The van der Waals surface area contributed by atoms with Gasteiger partial charge in [0.05, 0.1) is 4.91 Å². The number of hydrogen-bond donors (Lipinski definition) is 0. The molecule has 1 amide bonds. The molecule has 140 valence electrons. The fourth-order valence-corrected chi connectivity index (χ4v) is 4.40. The van der Waals surface area contributed by atoms with Crippen molar-refractivity contribution in [1.29, 1.82) is 0 Å². The maximum absolute atomic E-state index is 12.8. The summed E-state index contributed by atoms with van der Waals surface area (Å²) in [5.41, 5.74) is 0.799. The van der Waals surface area contributed by atoms with Crippen molar-refractivity contribution in [3.05, 3.63) is 57.4 Å². The zero-order chi connectivity index (χ0) is 19.2. The number of amides is 1. The van der Waals surface area contributed by atoms with E-state index >= 15 is 0 Å². The first-order valence-corrected chi connectivity index (χ1v) is 10.6. The van der Waals surface area contributed by atoms with Gasteiger partial charge in [0.2, 0.25) is 5.13 Å². The van der Waals surface area contributed by atoms with E-state index in [0.717, 1.165) is 29.8 Å². The summed E-state index contributed by atoms with van der Waals surface area (Å²) in [6.07, 6.45) is 6.56. The van der Waals surface area contributed by atoms with E-state index in [4.69, 9.17) is 11.6 Å². The molecular formula is C19H19ClN4OS2. The first-order valence-electron chi connectivity index (χ1n) is 8.60. The van der Waals surface area contributed by atoms with Crippen LogP contribution in [0.5, 0.6) is 0 Å². The van der Waals surface area contributed by atoms with Gasteiger partial charge in [0.25, 0.3) is 5.91 Å². The highest BCUT2D eigenvalue weighted by Gasteiger charge is 2.33. The second kappa shape index (κ2) is 9.30. The SMILES string of the molecule is C=CCN1C(=O)/C(=C\c2ccccc2Cl)SC1=Nc1nnc(CCCC)s1. The molecule has 1 aromatic carbocycles. The zero-order valence-electron chi connectivity index (χ0n) is 14.9. The predicted octanol–water partition coefficient (Wildman–Crippen LogP) is 5.32. The van der Waals surface area contributed by atoms with Crippen LogP contribution < -0.4 is 0 Å². The molecule has 3 rings (SSSR count). The smallest absolute Gasteiger partial charge is 0.267 e. The molecule has 1 aliphatic rings. The van der Waals surface area contributed by atoms with Gasteiger partial charge < -0.3 is 0 Å². The minimum absolute atomic E-state index is 0.116. The molecule has 5 nitrogen and oxygen atoms in total. The average Bonchev–Trinajstić information content (AvgIpc) is 3.22. The molecule has 1 saturated heterocycles. The van der Waals surface area contributed by atoms with Crippen LogP contribution in [-0.2, 0) is 11.2 Å². The predicted molar refractivity (Wildman–Crippen MR) is 115 cm³/mol. The van der Waals surface area contributed by atoms with Gasteiger partial charge >= 0.3 is 0 Å². The maximum Gasteiger partial charge on any atom is 0.267 e. The molecule has 0 atom stereocenters. The molecule has 2 heterocycles. The van der Waals surface area contributed by atoms with Crippen LogP contribution in [-0.4, -0.2) is 32.7 Å². The van der Waals surface area contributed by atoms with Gasteiger partial charge in [-0.05, 0) is 35.9 Å². The Morgan fingerprint density at radius 2 is 2.15 bits per heavy atom. The average molecular weight is 419 g/mol. The lowest BCUT2D eigenvalue weighted by atomic mass is 10.2. The summed E-state index contributed by atoms with van der Waals surface area (Å²) in [6, 6.07) is 7.42. The van der Waals surface area contributed by atoms with E-state index in [2.05, 4.69) is 28.7 Å². The minimum Gasteiger partial charge on any atom is -0.282 e. The van der Waals surface area contributed by atoms with Crippen molar-refractivity contribution in [2.45, 2.75) is 26.2 Å². The summed E-state index contributed by atoms with van der Waals surface area (Å²) in [4.78, 5) is 19.5. The third kappa shape index (κ3) is 4.86. The molecule has 0 saturated carbocycles. The summed E-state index contributed by atoms with van der Waals surface area (Å²) in [5, 5.41) is 11.0. The molecular weight excluding hydrogens is 400 g/mol. The van der Waals surface area contributed by atoms with Crippen LogP contribution in [0, 0.1) is 0 Å². The number of hydrogen-bond acceptors (Lipinski definition) is 6. The van der Waals surface area contributed by atoms with Crippen molar-refractivity contribution < 1.29 is 4.79 Å². The van der Waals surface area contributed by atoms with Gasteiger partial charge in [0.1, 0.15) is 5.01 Å². The van der Waals surface area contributed by atoms with Gasteiger partial charge in [-0.1, -0.05) is 60.6 Å². The van der Waals surface area contributed by atoms with Crippen LogP contribution in [0.25, 0.3) is 6.08 Å². The van der Waals surface area contributed by atoms with Gasteiger partial charge in [-0.15, -0.1) is 16.8 Å². The van der Waals surface area contributed by atoms with Crippen LogP contribution in [0.3, 0.4) is 0 Å². The van der Waals surface area contributed by atoms with E-state index in [1.54, 1.807) is 23.1 Å². The van der Waals surface area contributed by atoms with Crippen LogP contribution >= 0.6 is 34.7 Å². The molecule has 1 fully saturated rings. The van der Waals surface area contributed by atoms with Crippen molar-refractivity contribution in [1.82, 2.24) is 15.1 Å². The molecule has 27 heavy (non-hydrogen) atoms. The minimum atomic E-state index is -0.116. The topological polar surface area (TPSA) is 58.5 Å². The van der Waals surface area contributed by atoms with Crippen LogP contribution in [0.2, 0.25) is 5.02 Å². The first-order chi connectivity index (χ1) is 13.1. The summed E-state index contributed by atoms with van der Waals surface area (Å²) in [7, 11) is 0. The van der Waals surface area contributed by atoms with Crippen LogP contribution in [0.15, 0.2) is 46.8 Å². The molecule has 0 bridgehead atoms. The van der Waals surface area contributed by atoms with E-state index in [-0.39, 0.29) is 5.91 Å². The molecule has 0 spiro atoms. The van der Waals surface area contributed by atoms with E-state index in [1.807, 2.05) is 18.2 Å². The van der Waals surface area contributed by atoms with E-state index in [1.165, 1.54) is 23.1 Å². The molecule has 0 N–H and O–H groups in total. The van der Waals surface area contributed by atoms with E-state index in [0.29, 0.717) is 26.8 Å². The Morgan fingerprint density at radius 1 is 1.33 bits per heavy atom. The first kappa shape index (κ1) is 19.8. The molecule has 1 aromatic heterocycles. The van der Waals surface area contributed by atoms with Gasteiger partial charge in [-0.2, -0.15) is 4.99 Å². The quantitative estimate of drug-likeness (QED) is 0.450. The number of benzene rings is 1. The Balaban J connectivity index is 1.88. The summed E-state index contributed by atoms with van der Waals surface area (Å²) in [5.74, 6) is -0.116. The highest BCUT2D eigenvalue weighted by atomic mass is 35.5. The lowest BCUT2D eigenvalue weighted by Crippen LogP contribution is -2.29. The lowest BCUT2D eigenvalue weighted by Gasteiger charge is -2.11. The zero-order valence-corrected chi connectivity index (χ0v) is 17.3. The molecule has 2 aromatic rings. The van der Waals surface area contributed by atoms with Crippen molar-refractivity contribution in [2.24, 2.45) is 4.99 Å². The normalized spacial score (nSPS) is 17.3. The highest BCUT2D eigenvalue weighted by Crippen LogP contribution is 2.35.